The van der Waals surface area contributed by atoms with E-state index in [9.17, 15) is 0 Å². The molecule has 2 aromatic heterocycles. The zero-order chi connectivity index (χ0) is 16.2. The number of benzene rings is 1. The van der Waals surface area contributed by atoms with E-state index in [1.54, 1.807) is 18.2 Å². The van der Waals surface area contributed by atoms with Crippen molar-refractivity contribution in [1.82, 2.24) is 10.1 Å². The second-order valence-electron chi connectivity index (χ2n) is 4.41. The molecule has 0 aliphatic heterocycles. The average molecular weight is 392 g/mol. The van der Waals surface area contributed by atoms with Crippen molar-refractivity contribution in [2.24, 2.45) is 0 Å². The van der Waals surface area contributed by atoms with Crippen LogP contribution >= 0.6 is 27.3 Å². The normalized spacial score (nSPS) is 10.3. The molecule has 0 saturated carbocycles. The molecule has 0 unspecified atom stereocenters. The molecule has 0 bridgehead atoms. The molecule has 0 spiro atoms. The van der Waals surface area contributed by atoms with Crippen molar-refractivity contribution in [1.29, 1.82) is 5.26 Å². The summed E-state index contributed by atoms with van der Waals surface area (Å²) in [6.45, 7) is 0.113. The fourth-order valence-corrected chi connectivity index (χ4v) is 3.19. The van der Waals surface area contributed by atoms with Crippen LogP contribution in [0.1, 0.15) is 11.5 Å². The Balaban J connectivity index is 1.72. The van der Waals surface area contributed by atoms with Gasteiger partial charge in [-0.15, -0.1) is 11.3 Å². The van der Waals surface area contributed by atoms with Gasteiger partial charge in [0.15, 0.2) is 18.1 Å². The topological polar surface area (TPSA) is 81.2 Å². The van der Waals surface area contributed by atoms with Gasteiger partial charge in [0.1, 0.15) is 0 Å². The van der Waals surface area contributed by atoms with Gasteiger partial charge in [-0.1, -0.05) is 5.16 Å². The quantitative estimate of drug-likeness (QED) is 0.653. The maximum absolute atomic E-state index is 8.89. The highest BCUT2D eigenvalue weighted by Gasteiger charge is 2.12. The molecular weight excluding hydrogens is 382 g/mol. The second kappa shape index (κ2) is 6.81. The molecule has 0 aliphatic carbocycles. The van der Waals surface area contributed by atoms with Gasteiger partial charge in [-0.05, 0) is 34.1 Å². The molecule has 0 fully saturated rings. The first-order chi connectivity index (χ1) is 11.2. The van der Waals surface area contributed by atoms with Crippen molar-refractivity contribution in [2.45, 2.75) is 6.61 Å². The Labute approximate surface area is 144 Å². The van der Waals surface area contributed by atoms with Crippen LogP contribution in [0.2, 0.25) is 0 Å². The Morgan fingerprint density at radius 2 is 2.22 bits per heavy atom. The van der Waals surface area contributed by atoms with Crippen LogP contribution in [0.25, 0.3) is 10.7 Å². The number of hydrogen-bond donors (Lipinski definition) is 0. The second-order valence-corrected chi connectivity index (χ2v) is 6.23. The molecule has 6 nitrogen and oxygen atoms in total. The number of halogens is 1. The minimum absolute atomic E-state index is 0.113. The van der Waals surface area contributed by atoms with Crippen LogP contribution in [-0.4, -0.2) is 17.3 Å². The number of methoxy groups -OCH3 is 1. The van der Waals surface area contributed by atoms with Crippen LogP contribution in [0, 0.1) is 11.3 Å². The zero-order valence-electron chi connectivity index (χ0n) is 11.9. The number of thiophene rings is 1. The summed E-state index contributed by atoms with van der Waals surface area (Å²) in [5.74, 6) is 1.86. The van der Waals surface area contributed by atoms with Crippen LogP contribution in [0.15, 0.2) is 38.6 Å². The summed E-state index contributed by atoms with van der Waals surface area (Å²) in [5.41, 5.74) is 0.498. The Morgan fingerprint density at radius 3 is 2.91 bits per heavy atom. The lowest BCUT2D eigenvalue weighted by molar-refractivity contribution is 0.233. The van der Waals surface area contributed by atoms with E-state index in [0.29, 0.717) is 28.8 Å². The van der Waals surface area contributed by atoms with E-state index in [1.165, 1.54) is 18.4 Å². The van der Waals surface area contributed by atoms with Crippen molar-refractivity contribution in [3.8, 4) is 28.3 Å². The molecule has 2 heterocycles. The van der Waals surface area contributed by atoms with Gasteiger partial charge < -0.3 is 14.0 Å². The maximum atomic E-state index is 8.89. The maximum Gasteiger partial charge on any atom is 0.264 e. The number of nitriles is 1. The SMILES string of the molecule is COc1cc(C#N)ccc1OCc1nc(-c2cc(Br)cs2)no1. The van der Waals surface area contributed by atoms with E-state index >= 15 is 0 Å². The van der Waals surface area contributed by atoms with Crippen molar-refractivity contribution in [2.75, 3.05) is 7.11 Å². The van der Waals surface area contributed by atoms with Crippen LogP contribution < -0.4 is 9.47 Å². The molecule has 8 heteroatoms. The zero-order valence-corrected chi connectivity index (χ0v) is 14.3. The average Bonchev–Trinajstić information content (AvgIpc) is 3.21. The van der Waals surface area contributed by atoms with E-state index in [4.69, 9.17) is 19.3 Å². The van der Waals surface area contributed by atoms with E-state index in [0.717, 1.165) is 9.35 Å². The van der Waals surface area contributed by atoms with Gasteiger partial charge >= 0.3 is 0 Å². The molecule has 0 amide bonds. The van der Waals surface area contributed by atoms with Gasteiger partial charge in [-0.2, -0.15) is 10.2 Å². The first kappa shape index (κ1) is 15.5. The summed E-state index contributed by atoms with van der Waals surface area (Å²) in [5, 5.41) is 14.8. The first-order valence-corrected chi connectivity index (χ1v) is 8.15. The molecule has 0 N–H and O–H groups in total. The lowest BCUT2D eigenvalue weighted by Gasteiger charge is -2.08. The third-order valence-electron chi connectivity index (χ3n) is 2.90. The van der Waals surface area contributed by atoms with Crippen molar-refractivity contribution in [3.63, 3.8) is 0 Å². The lowest BCUT2D eigenvalue weighted by Crippen LogP contribution is -1.98. The Bertz CT molecular complexity index is 869. The van der Waals surface area contributed by atoms with Gasteiger partial charge in [0.25, 0.3) is 5.89 Å². The van der Waals surface area contributed by atoms with Crippen LogP contribution in [0.5, 0.6) is 11.5 Å². The molecule has 116 valence electrons. The van der Waals surface area contributed by atoms with Gasteiger partial charge in [0.05, 0.1) is 23.6 Å². The van der Waals surface area contributed by atoms with Crippen molar-refractivity contribution in [3.05, 3.63) is 45.6 Å². The Kier molecular flexibility index (Phi) is 4.60. The standard InChI is InChI=1S/C15H10BrN3O3S/c1-20-12-4-9(6-17)2-3-11(12)21-7-14-18-15(19-22-14)13-5-10(16)8-23-13/h2-5,8H,7H2,1H3. The van der Waals surface area contributed by atoms with Gasteiger partial charge in [-0.3, -0.25) is 0 Å². The highest BCUT2D eigenvalue weighted by Crippen LogP contribution is 2.30. The number of nitrogens with zero attached hydrogens (tertiary/aromatic N) is 3. The Hall–Kier alpha value is -2.37. The smallest absolute Gasteiger partial charge is 0.264 e. The van der Waals surface area contributed by atoms with Gasteiger partial charge in [0, 0.05) is 15.9 Å². The summed E-state index contributed by atoms with van der Waals surface area (Å²) in [4.78, 5) is 5.20. The molecule has 0 atom stereocenters. The fraction of sp³-hybridized carbons (Fsp3) is 0.133. The van der Waals surface area contributed by atoms with Crippen molar-refractivity contribution >= 4 is 27.3 Å². The first-order valence-electron chi connectivity index (χ1n) is 6.47. The highest BCUT2D eigenvalue weighted by atomic mass is 79.9. The van der Waals surface area contributed by atoms with E-state index < -0.39 is 0 Å². The predicted molar refractivity (Wildman–Crippen MR) is 87.4 cm³/mol. The van der Waals surface area contributed by atoms with E-state index in [1.807, 2.05) is 17.5 Å². The van der Waals surface area contributed by atoms with Crippen LogP contribution in [-0.2, 0) is 6.61 Å². The number of rotatable bonds is 5. The van der Waals surface area contributed by atoms with Crippen LogP contribution in [0.3, 0.4) is 0 Å². The van der Waals surface area contributed by atoms with E-state index in [2.05, 4.69) is 26.1 Å². The van der Waals surface area contributed by atoms with Crippen LogP contribution in [0.4, 0.5) is 0 Å². The summed E-state index contributed by atoms with van der Waals surface area (Å²) in [6, 6.07) is 8.90. The van der Waals surface area contributed by atoms with Crippen molar-refractivity contribution < 1.29 is 14.0 Å². The lowest BCUT2D eigenvalue weighted by atomic mass is 10.2. The minimum atomic E-state index is 0.113. The van der Waals surface area contributed by atoms with Gasteiger partial charge in [0.2, 0.25) is 5.82 Å². The highest BCUT2D eigenvalue weighted by molar-refractivity contribution is 9.10. The third-order valence-corrected chi connectivity index (χ3v) is 4.59. The summed E-state index contributed by atoms with van der Waals surface area (Å²) in [6.07, 6.45) is 0. The summed E-state index contributed by atoms with van der Waals surface area (Å²) >= 11 is 4.91. The number of hydrogen-bond acceptors (Lipinski definition) is 7. The molecule has 3 rings (SSSR count). The molecular formula is C15H10BrN3O3S. The number of aromatic nitrogens is 2. The molecule has 1 aromatic carbocycles. The minimum Gasteiger partial charge on any atom is -0.493 e. The molecule has 0 aliphatic rings. The summed E-state index contributed by atoms with van der Waals surface area (Å²) < 4.78 is 17.0. The Morgan fingerprint density at radius 1 is 1.35 bits per heavy atom. The summed E-state index contributed by atoms with van der Waals surface area (Å²) in [7, 11) is 1.52. The number of ether oxygens (including phenoxy) is 2. The largest absolute Gasteiger partial charge is 0.493 e. The third kappa shape index (κ3) is 3.52. The fourth-order valence-electron chi connectivity index (χ4n) is 1.84. The molecule has 3 aromatic rings. The molecule has 0 radical (unpaired) electrons. The monoisotopic (exact) mass is 391 g/mol. The molecule has 23 heavy (non-hydrogen) atoms. The molecule has 0 saturated heterocycles. The predicted octanol–water partition coefficient (Wildman–Crippen LogP) is 4.02. The van der Waals surface area contributed by atoms with E-state index in [-0.39, 0.29) is 6.61 Å². The van der Waals surface area contributed by atoms with Gasteiger partial charge in [-0.25, -0.2) is 0 Å².